The summed E-state index contributed by atoms with van der Waals surface area (Å²) in [5.74, 6) is 1.55. The van der Waals surface area contributed by atoms with Crippen LogP contribution in [0.4, 0.5) is 0 Å². The summed E-state index contributed by atoms with van der Waals surface area (Å²) in [6.45, 7) is 7.57. The van der Waals surface area contributed by atoms with Crippen LogP contribution in [0.2, 0.25) is 0 Å². The molecule has 5 heteroatoms. The quantitative estimate of drug-likeness (QED) is 0.664. The van der Waals surface area contributed by atoms with Crippen molar-refractivity contribution in [2.45, 2.75) is 32.6 Å². The van der Waals surface area contributed by atoms with Crippen LogP contribution in [0.5, 0.6) is 0 Å². The topological polar surface area (TPSA) is 45.5 Å². The summed E-state index contributed by atoms with van der Waals surface area (Å²) in [5.41, 5.74) is 2.88. The molecule has 5 nitrogen and oxygen atoms in total. The third kappa shape index (κ3) is 4.65. The highest BCUT2D eigenvalue weighted by atomic mass is 15.3. The van der Waals surface area contributed by atoms with Crippen LogP contribution >= 0.6 is 0 Å². The first-order chi connectivity index (χ1) is 12.5. The van der Waals surface area contributed by atoms with Gasteiger partial charge in [0.25, 0.3) is 0 Å². The molecule has 1 N–H and O–H groups in total. The molecular weight excluding hydrogens is 322 g/mol. The van der Waals surface area contributed by atoms with Crippen molar-refractivity contribution in [3.05, 3.63) is 53.9 Å². The van der Waals surface area contributed by atoms with E-state index in [0.717, 1.165) is 38.4 Å². The van der Waals surface area contributed by atoms with Crippen molar-refractivity contribution in [1.82, 2.24) is 20.0 Å². The molecule has 1 unspecified atom stereocenters. The fourth-order valence-electron chi connectivity index (χ4n) is 3.74. The van der Waals surface area contributed by atoms with Gasteiger partial charge in [-0.2, -0.15) is 5.10 Å². The van der Waals surface area contributed by atoms with Crippen LogP contribution in [0.3, 0.4) is 0 Å². The number of nitrogens with zero attached hydrogens (tertiary/aromatic N) is 4. The largest absolute Gasteiger partial charge is 0.356 e. The van der Waals surface area contributed by atoms with E-state index in [0.29, 0.717) is 5.92 Å². The number of likely N-dealkylation sites (tertiary alicyclic amines) is 1. The highest BCUT2D eigenvalue weighted by Gasteiger charge is 2.28. The molecule has 3 rings (SSSR count). The molecule has 1 aliphatic heterocycles. The molecule has 1 aliphatic rings. The van der Waals surface area contributed by atoms with E-state index in [9.17, 15) is 0 Å². The predicted molar refractivity (Wildman–Crippen MR) is 107 cm³/mol. The van der Waals surface area contributed by atoms with Gasteiger partial charge in [0.1, 0.15) is 0 Å². The van der Waals surface area contributed by atoms with Crippen molar-refractivity contribution < 1.29 is 0 Å². The molecule has 1 aromatic heterocycles. The van der Waals surface area contributed by atoms with E-state index in [4.69, 9.17) is 0 Å². The summed E-state index contributed by atoms with van der Waals surface area (Å²) < 4.78 is 1.89. The Labute approximate surface area is 157 Å². The summed E-state index contributed by atoms with van der Waals surface area (Å²) in [5, 5.41) is 7.92. The molecule has 1 saturated heterocycles. The second-order valence-corrected chi connectivity index (χ2v) is 8.11. The van der Waals surface area contributed by atoms with Gasteiger partial charge >= 0.3 is 0 Å². The van der Waals surface area contributed by atoms with Crippen molar-refractivity contribution in [3.63, 3.8) is 0 Å². The molecule has 2 heterocycles. The third-order valence-corrected chi connectivity index (χ3v) is 5.15. The standard InChI is InChI=1S/C21H31N5/c1-21(2,12-17-8-6-5-7-9-17)16-23-20(22-3)26-11-10-18(15-26)19-13-24-25(4)14-19/h5-9,13-14,18H,10-12,15-16H2,1-4H3,(H,22,23). The molecule has 0 saturated carbocycles. The number of aliphatic imine (C=N–C) groups is 1. The second kappa shape index (κ2) is 7.94. The van der Waals surface area contributed by atoms with Gasteiger partial charge in [-0.1, -0.05) is 44.2 Å². The Kier molecular flexibility index (Phi) is 5.64. The van der Waals surface area contributed by atoms with Crippen molar-refractivity contribution in [2.24, 2.45) is 17.5 Å². The molecule has 0 aliphatic carbocycles. The van der Waals surface area contributed by atoms with E-state index >= 15 is 0 Å². The molecule has 26 heavy (non-hydrogen) atoms. The van der Waals surface area contributed by atoms with Gasteiger partial charge in [0.15, 0.2) is 5.96 Å². The van der Waals surface area contributed by atoms with Crippen LogP contribution in [0.25, 0.3) is 0 Å². The number of hydrogen-bond acceptors (Lipinski definition) is 2. The van der Waals surface area contributed by atoms with Gasteiger partial charge in [-0.25, -0.2) is 0 Å². The molecule has 0 radical (unpaired) electrons. The molecule has 1 fully saturated rings. The lowest BCUT2D eigenvalue weighted by Gasteiger charge is -2.29. The number of nitrogens with one attached hydrogen (secondary N) is 1. The van der Waals surface area contributed by atoms with Crippen molar-refractivity contribution in [1.29, 1.82) is 0 Å². The van der Waals surface area contributed by atoms with Crippen LogP contribution in [-0.2, 0) is 13.5 Å². The molecule has 140 valence electrons. The van der Waals surface area contributed by atoms with Gasteiger partial charge in [-0.05, 0) is 29.4 Å². The molecule has 0 bridgehead atoms. The number of guanidine groups is 1. The van der Waals surface area contributed by atoms with Crippen LogP contribution in [0.1, 0.15) is 37.3 Å². The van der Waals surface area contributed by atoms with Gasteiger partial charge in [0.2, 0.25) is 0 Å². The maximum absolute atomic E-state index is 4.52. The second-order valence-electron chi connectivity index (χ2n) is 8.11. The Morgan fingerprint density at radius 2 is 2.08 bits per heavy atom. The van der Waals surface area contributed by atoms with E-state index in [-0.39, 0.29) is 5.41 Å². The minimum Gasteiger partial charge on any atom is -0.356 e. The Morgan fingerprint density at radius 1 is 1.31 bits per heavy atom. The Morgan fingerprint density at radius 3 is 2.73 bits per heavy atom. The summed E-state index contributed by atoms with van der Waals surface area (Å²) in [4.78, 5) is 6.90. The smallest absolute Gasteiger partial charge is 0.193 e. The minimum absolute atomic E-state index is 0.166. The molecule has 2 aromatic rings. The van der Waals surface area contributed by atoms with Gasteiger partial charge in [-0.15, -0.1) is 0 Å². The molecule has 1 aromatic carbocycles. The Hall–Kier alpha value is -2.30. The maximum atomic E-state index is 4.52. The first-order valence-corrected chi connectivity index (χ1v) is 9.45. The lowest BCUT2D eigenvalue weighted by Crippen LogP contribution is -2.44. The summed E-state index contributed by atoms with van der Waals surface area (Å²) in [6.07, 6.45) is 6.33. The first kappa shape index (κ1) is 18.5. The fourth-order valence-corrected chi connectivity index (χ4v) is 3.74. The van der Waals surface area contributed by atoms with Gasteiger partial charge in [0.05, 0.1) is 6.20 Å². The Balaban J connectivity index is 1.55. The van der Waals surface area contributed by atoms with Gasteiger partial charge in [0, 0.05) is 45.8 Å². The average Bonchev–Trinajstić information content (AvgIpc) is 3.25. The summed E-state index contributed by atoms with van der Waals surface area (Å²) in [7, 11) is 3.86. The van der Waals surface area contributed by atoms with E-state index < -0.39 is 0 Å². The highest BCUT2D eigenvalue weighted by molar-refractivity contribution is 5.80. The van der Waals surface area contributed by atoms with Crippen LogP contribution in [0, 0.1) is 5.41 Å². The first-order valence-electron chi connectivity index (χ1n) is 9.45. The van der Waals surface area contributed by atoms with E-state index in [1.807, 2.05) is 25.0 Å². The zero-order valence-corrected chi connectivity index (χ0v) is 16.4. The van der Waals surface area contributed by atoms with E-state index in [1.54, 1.807) is 0 Å². The van der Waals surface area contributed by atoms with Gasteiger partial charge < -0.3 is 10.2 Å². The van der Waals surface area contributed by atoms with Crippen LogP contribution in [-0.4, -0.2) is 47.3 Å². The lowest BCUT2D eigenvalue weighted by molar-refractivity contribution is 0.350. The monoisotopic (exact) mass is 353 g/mol. The lowest BCUT2D eigenvalue weighted by atomic mass is 9.86. The van der Waals surface area contributed by atoms with Crippen LogP contribution in [0.15, 0.2) is 47.7 Å². The molecule has 1 atom stereocenters. The van der Waals surface area contributed by atoms with Crippen LogP contribution < -0.4 is 5.32 Å². The molecule has 0 amide bonds. The van der Waals surface area contributed by atoms with Crippen molar-refractivity contribution >= 4 is 5.96 Å². The summed E-state index contributed by atoms with van der Waals surface area (Å²) in [6, 6.07) is 10.7. The van der Waals surface area contributed by atoms with Gasteiger partial charge in [-0.3, -0.25) is 9.67 Å². The number of hydrogen-bond donors (Lipinski definition) is 1. The summed E-state index contributed by atoms with van der Waals surface area (Å²) >= 11 is 0. The minimum atomic E-state index is 0.166. The number of benzene rings is 1. The number of aromatic nitrogens is 2. The normalized spacial score (nSPS) is 18.4. The highest BCUT2D eigenvalue weighted by Crippen LogP contribution is 2.27. The van der Waals surface area contributed by atoms with E-state index in [2.05, 4.69) is 70.7 Å². The molecular formula is C21H31N5. The number of aryl methyl sites for hydroxylation is 1. The van der Waals surface area contributed by atoms with Crippen molar-refractivity contribution in [3.8, 4) is 0 Å². The maximum Gasteiger partial charge on any atom is 0.193 e. The average molecular weight is 354 g/mol. The fraction of sp³-hybridized carbons (Fsp3) is 0.524. The Bertz CT molecular complexity index is 732. The molecule has 0 spiro atoms. The number of rotatable bonds is 5. The third-order valence-electron chi connectivity index (χ3n) is 5.15. The SMILES string of the molecule is CN=C(NCC(C)(C)Cc1ccccc1)N1CCC(c2cnn(C)c2)C1. The zero-order valence-electron chi connectivity index (χ0n) is 16.4. The van der Waals surface area contributed by atoms with E-state index in [1.165, 1.54) is 11.1 Å². The predicted octanol–water partition coefficient (Wildman–Crippen LogP) is 3.05. The van der Waals surface area contributed by atoms with Crippen molar-refractivity contribution in [2.75, 3.05) is 26.7 Å². The zero-order chi connectivity index (χ0) is 18.6.